The first-order valence-corrected chi connectivity index (χ1v) is 13.3. The summed E-state index contributed by atoms with van der Waals surface area (Å²) in [6, 6.07) is 20.7. The molecule has 1 N–H and O–H groups in total. The van der Waals surface area contributed by atoms with Crippen LogP contribution < -0.4 is 5.32 Å². The number of rotatable bonds is 11. The molecule has 3 rings (SSSR count). The second-order valence-electron chi connectivity index (χ2n) is 8.64. The lowest BCUT2D eigenvalue weighted by molar-refractivity contribution is -0.116. The van der Waals surface area contributed by atoms with Crippen molar-refractivity contribution in [2.45, 2.75) is 45.1 Å². The predicted molar refractivity (Wildman–Crippen MR) is 140 cm³/mol. The quantitative estimate of drug-likeness (QED) is 0.288. The second-order valence-corrected chi connectivity index (χ2v) is 10.5. The lowest BCUT2D eigenvalue weighted by Crippen LogP contribution is -2.38. The van der Waals surface area contributed by atoms with Crippen molar-refractivity contribution in [2.24, 2.45) is 0 Å². The number of carbonyl (C=O) groups excluding carboxylic acids is 2. The standard InChI is InChI=1S/C28H32N2O5S/c1-4-5-17-35-28(32)24-13-15-25(16-14-24)29-27(31)20-30(19-23-9-7-6-8-10-23)36(33,34)26-18-21(2)11-12-22(26)3/h6-16,18H,4-5,17,19-20H2,1-3H3,(H,29,31). The third-order valence-electron chi connectivity index (χ3n) is 5.62. The Morgan fingerprint density at radius 2 is 1.64 bits per heavy atom. The molecule has 3 aromatic carbocycles. The maximum Gasteiger partial charge on any atom is 0.338 e. The molecule has 0 unspecified atom stereocenters. The molecule has 0 aliphatic rings. The van der Waals surface area contributed by atoms with Crippen LogP contribution in [0.1, 0.15) is 46.8 Å². The number of amides is 1. The molecule has 0 aromatic heterocycles. The van der Waals surface area contributed by atoms with Crippen molar-refractivity contribution in [3.8, 4) is 0 Å². The van der Waals surface area contributed by atoms with Crippen LogP contribution in [0.4, 0.5) is 5.69 Å². The maximum absolute atomic E-state index is 13.6. The predicted octanol–water partition coefficient (Wildman–Crippen LogP) is 5.09. The maximum atomic E-state index is 13.6. The Hall–Kier alpha value is -3.49. The number of anilines is 1. The number of unbranched alkanes of at least 4 members (excludes halogenated alkanes) is 1. The third kappa shape index (κ3) is 7.26. The van der Waals surface area contributed by atoms with E-state index in [1.165, 1.54) is 4.31 Å². The second kappa shape index (κ2) is 12.5. The molecule has 0 bridgehead atoms. The van der Waals surface area contributed by atoms with Crippen LogP contribution in [-0.2, 0) is 26.1 Å². The molecule has 0 heterocycles. The zero-order valence-electron chi connectivity index (χ0n) is 20.9. The molecule has 0 atom stereocenters. The average Bonchev–Trinajstić information content (AvgIpc) is 2.86. The van der Waals surface area contributed by atoms with E-state index in [0.29, 0.717) is 23.4 Å². The minimum absolute atomic E-state index is 0.0481. The molecule has 0 saturated carbocycles. The minimum Gasteiger partial charge on any atom is -0.462 e. The summed E-state index contributed by atoms with van der Waals surface area (Å²) in [7, 11) is -3.96. The number of esters is 1. The summed E-state index contributed by atoms with van der Waals surface area (Å²) in [4.78, 5) is 25.2. The van der Waals surface area contributed by atoms with Crippen molar-refractivity contribution in [3.63, 3.8) is 0 Å². The van der Waals surface area contributed by atoms with Gasteiger partial charge in [0.25, 0.3) is 0 Å². The number of hydrogen-bond donors (Lipinski definition) is 1. The zero-order chi connectivity index (χ0) is 26.1. The first kappa shape index (κ1) is 27.1. The van der Waals surface area contributed by atoms with Crippen LogP contribution in [0.5, 0.6) is 0 Å². The first-order valence-electron chi connectivity index (χ1n) is 11.9. The number of benzene rings is 3. The van der Waals surface area contributed by atoms with E-state index in [-0.39, 0.29) is 18.0 Å². The Morgan fingerprint density at radius 3 is 2.31 bits per heavy atom. The Balaban J connectivity index is 1.77. The Kier molecular flexibility index (Phi) is 9.38. The van der Waals surface area contributed by atoms with Crippen molar-refractivity contribution >= 4 is 27.6 Å². The fraction of sp³-hybridized carbons (Fsp3) is 0.286. The van der Waals surface area contributed by atoms with E-state index in [4.69, 9.17) is 4.74 Å². The van der Waals surface area contributed by atoms with Crippen molar-refractivity contribution < 1.29 is 22.7 Å². The number of aryl methyl sites for hydroxylation is 2. The van der Waals surface area contributed by atoms with Gasteiger partial charge in [-0.05, 0) is 67.3 Å². The summed E-state index contributed by atoms with van der Waals surface area (Å²) in [6.45, 7) is 5.62. The van der Waals surface area contributed by atoms with Crippen LogP contribution in [0, 0.1) is 13.8 Å². The fourth-order valence-electron chi connectivity index (χ4n) is 3.58. The Bertz CT molecular complexity index is 1290. The number of nitrogens with zero attached hydrogens (tertiary/aromatic N) is 1. The minimum atomic E-state index is -3.96. The summed E-state index contributed by atoms with van der Waals surface area (Å²) in [5, 5.41) is 2.73. The summed E-state index contributed by atoms with van der Waals surface area (Å²) >= 11 is 0. The van der Waals surface area contributed by atoms with Gasteiger partial charge in [0.2, 0.25) is 15.9 Å². The van der Waals surface area contributed by atoms with E-state index >= 15 is 0 Å². The largest absolute Gasteiger partial charge is 0.462 e. The van der Waals surface area contributed by atoms with Crippen LogP contribution >= 0.6 is 0 Å². The molecule has 1 amide bonds. The highest BCUT2D eigenvalue weighted by molar-refractivity contribution is 7.89. The van der Waals surface area contributed by atoms with Crippen molar-refractivity contribution in [2.75, 3.05) is 18.5 Å². The van der Waals surface area contributed by atoms with E-state index in [2.05, 4.69) is 5.32 Å². The fourth-order valence-corrected chi connectivity index (χ4v) is 5.27. The van der Waals surface area contributed by atoms with Gasteiger partial charge in [-0.2, -0.15) is 4.31 Å². The number of carbonyl (C=O) groups is 2. The van der Waals surface area contributed by atoms with Gasteiger partial charge in [0.05, 0.1) is 23.6 Å². The summed E-state index contributed by atoms with van der Waals surface area (Å²) in [5.41, 5.74) is 3.03. The van der Waals surface area contributed by atoms with Crippen LogP contribution in [0.15, 0.2) is 77.7 Å². The van der Waals surface area contributed by atoms with Gasteiger partial charge in [-0.1, -0.05) is 55.8 Å². The third-order valence-corrected chi connectivity index (χ3v) is 7.55. The van der Waals surface area contributed by atoms with Gasteiger partial charge in [-0.15, -0.1) is 0 Å². The van der Waals surface area contributed by atoms with Gasteiger partial charge in [0.15, 0.2) is 0 Å². The number of nitrogens with one attached hydrogen (secondary N) is 1. The first-order chi connectivity index (χ1) is 17.2. The number of ether oxygens (including phenoxy) is 1. The molecular formula is C28H32N2O5S. The molecule has 0 saturated heterocycles. The molecule has 0 spiro atoms. The highest BCUT2D eigenvalue weighted by atomic mass is 32.2. The number of sulfonamides is 1. The van der Waals surface area contributed by atoms with E-state index in [0.717, 1.165) is 24.0 Å². The lowest BCUT2D eigenvalue weighted by atomic mass is 10.2. The molecule has 3 aromatic rings. The van der Waals surface area contributed by atoms with Gasteiger partial charge in [0, 0.05) is 12.2 Å². The van der Waals surface area contributed by atoms with E-state index in [1.54, 1.807) is 43.3 Å². The van der Waals surface area contributed by atoms with Crippen LogP contribution in [0.2, 0.25) is 0 Å². The van der Waals surface area contributed by atoms with Gasteiger partial charge in [-0.25, -0.2) is 13.2 Å². The van der Waals surface area contributed by atoms with Crippen LogP contribution in [0.3, 0.4) is 0 Å². The molecule has 7 nitrogen and oxygen atoms in total. The molecule has 36 heavy (non-hydrogen) atoms. The topological polar surface area (TPSA) is 92.8 Å². The van der Waals surface area contributed by atoms with E-state index < -0.39 is 21.9 Å². The molecule has 190 valence electrons. The summed E-state index contributed by atoms with van der Waals surface area (Å²) in [5.74, 6) is -0.909. The summed E-state index contributed by atoms with van der Waals surface area (Å²) in [6.07, 6.45) is 1.73. The summed E-state index contributed by atoms with van der Waals surface area (Å²) < 4.78 is 33.6. The SMILES string of the molecule is CCCCOC(=O)c1ccc(NC(=O)CN(Cc2ccccc2)S(=O)(=O)c2cc(C)ccc2C)cc1. The molecule has 0 fully saturated rings. The van der Waals surface area contributed by atoms with Crippen LogP contribution in [0.25, 0.3) is 0 Å². The van der Waals surface area contributed by atoms with Crippen LogP contribution in [-0.4, -0.2) is 37.8 Å². The van der Waals surface area contributed by atoms with Gasteiger partial charge >= 0.3 is 5.97 Å². The average molecular weight is 509 g/mol. The Labute approximate surface area is 213 Å². The van der Waals surface area contributed by atoms with Crippen molar-refractivity contribution in [1.29, 1.82) is 0 Å². The zero-order valence-corrected chi connectivity index (χ0v) is 21.7. The number of hydrogen-bond acceptors (Lipinski definition) is 5. The van der Waals surface area contributed by atoms with Crippen molar-refractivity contribution in [3.05, 3.63) is 95.1 Å². The molecule has 0 radical (unpaired) electrons. The Morgan fingerprint density at radius 1 is 0.944 bits per heavy atom. The smallest absolute Gasteiger partial charge is 0.338 e. The highest BCUT2D eigenvalue weighted by Gasteiger charge is 2.28. The van der Waals surface area contributed by atoms with Gasteiger partial charge < -0.3 is 10.1 Å². The molecule has 0 aliphatic carbocycles. The van der Waals surface area contributed by atoms with Gasteiger partial charge in [-0.3, -0.25) is 4.79 Å². The molecule has 8 heteroatoms. The van der Waals surface area contributed by atoms with Gasteiger partial charge in [0.1, 0.15) is 0 Å². The molecule has 0 aliphatic heterocycles. The normalized spacial score (nSPS) is 11.3. The molecular weight excluding hydrogens is 476 g/mol. The van der Waals surface area contributed by atoms with E-state index in [9.17, 15) is 18.0 Å². The lowest BCUT2D eigenvalue weighted by Gasteiger charge is -2.23. The monoisotopic (exact) mass is 508 g/mol. The highest BCUT2D eigenvalue weighted by Crippen LogP contribution is 2.23. The van der Waals surface area contributed by atoms with Crippen molar-refractivity contribution in [1.82, 2.24) is 4.31 Å². The van der Waals surface area contributed by atoms with E-state index in [1.807, 2.05) is 50.2 Å².